The Kier molecular flexibility index (Phi) is 2.69. The number of hydrogen-bond acceptors (Lipinski definition) is 2. The Labute approximate surface area is 96.1 Å². The van der Waals surface area contributed by atoms with Crippen LogP contribution in [-0.4, -0.2) is 4.98 Å². The maximum absolute atomic E-state index is 12.8. The minimum atomic E-state index is -4.41. The fourth-order valence-corrected chi connectivity index (χ4v) is 1.50. The monoisotopic (exact) mass is 241 g/mol. The number of alkyl halides is 3. The van der Waals surface area contributed by atoms with Crippen LogP contribution in [0.5, 0.6) is 0 Å². The molecule has 0 saturated heterocycles. The van der Waals surface area contributed by atoms with Gasteiger partial charge in [0.05, 0.1) is 11.3 Å². The minimum absolute atomic E-state index is 0.00734. The van der Waals surface area contributed by atoms with Crippen molar-refractivity contribution in [2.45, 2.75) is 20.0 Å². The number of benzene rings is 1. The first-order chi connectivity index (χ1) is 7.89. The smallest absolute Gasteiger partial charge is 0.417 e. The summed E-state index contributed by atoms with van der Waals surface area (Å²) in [6.07, 6.45) is -4.41. The van der Waals surface area contributed by atoms with Crippen LogP contribution in [0, 0.1) is 13.8 Å². The second-order valence-electron chi connectivity index (χ2n) is 3.70. The van der Waals surface area contributed by atoms with E-state index in [2.05, 4.69) is 4.98 Å². The van der Waals surface area contributed by atoms with E-state index in [-0.39, 0.29) is 11.5 Å². The molecule has 2 rings (SSSR count). The zero-order valence-corrected chi connectivity index (χ0v) is 9.30. The molecule has 1 aromatic carbocycles. The van der Waals surface area contributed by atoms with E-state index in [1.165, 1.54) is 18.2 Å². The Balaban J connectivity index is 2.60. The molecule has 90 valence electrons. The normalized spacial score (nSPS) is 11.8. The van der Waals surface area contributed by atoms with E-state index in [1.807, 2.05) is 0 Å². The van der Waals surface area contributed by atoms with Gasteiger partial charge < -0.3 is 4.42 Å². The molecule has 2 aromatic rings. The van der Waals surface area contributed by atoms with Crippen molar-refractivity contribution >= 4 is 0 Å². The average Bonchev–Trinajstić information content (AvgIpc) is 2.58. The summed E-state index contributed by atoms with van der Waals surface area (Å²) in [6.45, 7) is 3.36. The van der Waals surface area contributed by atoms with Crippen LogP contribution in [0.1, 0.15) is 17.0 Å². The maximum atomic E-state index is 12.8. The van der Waals surface area contributed by atoms with Gasteiger partial charge in [0.15, 0.2) is 0 Å². The molecule has 0 fully saturated rings. The Morgan fingerprint density at radius 3 is 2.29 bits per heavy atom. The van der Waals surface area contributed by atoms with E-state index in [9.17, 15) is 13.2 Å². The molecular formula is C12H10F3NO. The van der Waals surface area contributed by atoms with E-state index in [0.717, 1.165) is 6.07 Å². The van der Waals surface area contributed by atoms with E-state index in [0.29, 0.717) is 11.5 Å². The highest BCUT2D eigenvalue weighted by molar-refractivity contribution is 5.60. The number of halogens is 3. The zero-order valence-electron chi connectivity index (χ0n) is 9.30. The second-order valence-corrected chi connectivity index (χ2v) is 3.70. The van der Waals surface area contributed by atoms with Gasteiger partial charge in [-0.2, -0.15) is 13.2 Å². The third-order valence-corrected chi connectivity index (χ3v) is 2.49. The highest BCUT2D eigenvalue weighted by Crippen LogP contribution is 2.36. The summed E-state index contributed by atoms with van der Waals surface area (Å²) < 4.78 is 43.5. The Bertz CT molecular complexity index is 523. The summed E-state index contributed by atoms with van der Waals surface area (Å²) in [6, 6.07) is 5.24. The number of rotatable bonds is 1. The molecule has 0 radical (unpaired) electrons. The highest BCUT2D eigenvalue weighted by atomic mass is 19.4. The van der Waals surface area contributed by atoms with Gasteiger partial charge in [-0.05, 0) is 26.0 Å². The minimum Gasteiger partial charge on any atom is -0.441 e. The highest BCUT2D eigenvalue weighted by Gasteiger charge is 2.34. The fourth-order valence-electron chi connectivity index (χ4n) is 1.50. The van der Waals surface area contributed by atoms with Crippen molar-refractivity contribution in [3.63, 3.8) is 0 Å². The van der Waals surface area contributed by atoms with Gasteiger partial charge in [-0.3, -0.25) is 0 Å². The predicted molar refractivity (Wildman–Crippen MR) is 56.4 cm³/mol. The van der Waals surface area contributed by atoms with Gasteiger partial charge in [0.25, 0.3) is 0 Å². The molecule has 0 N–H and O–H groups in total. The van der Waals surface area contributed by atoms with Crippen molar-refractivity contribution in [1.82, 2.24) is 4.98 Å². The first-order valence-electron chi connectivity index (χ1n) is 5.00. The number of aryl methyl sites for hydroxylation is 2. The lowest BCUT2D eigenvalue weighted by atomic mass is 10.1. The van der Waals surface area contributed by atoms with Crippen molar-refractivity contribution in [1.29, 1.82) is 0 Å². The topological polar surface area (TPSA) is 26.0 Å². The largest absolute Gasteiger partial charge is 0.441 e. The number of oxazole rings is 1. The summed E-state index contributed by atoms with van der Waals surface area (Å²) in [4.78, 5) is 3.99. The molecule has 2 nitrogen and oxygen atoms in total. The van der Waals surface area contributed by atoms with Crippen LogP contribution in [-0.2, 0) is 6.18 Å². The van der Waals surface area contributed by atoms with Gasteiger partial charge in [-0.1, -0.05) is 12.1 Å². The second kappa shape index (κ2) is 3.91. The van der Waals surface area contributed by atoms with E-state index >= 15 is 0 Å². The van der Waals surface area contributed by atoms with Crippen LogP contribution >= 0.6 is 0 Å². The van der Waals surface area contributed by atoms with E-state index < -0.39 is 11.7 Å². The van der Waals surface area contributed by atoms with E-state index in [4.69, 9.17) is 4.42 Å². The zero-order chi connectivity index (χ0) is 12.6. The molecule has 17 heavy (non-hydrogen) atoms. The number of hydrogen-bond donors (Lipinski definition) is 0. The van der Waals surface area contributed by atoms with Crippen LogP contribution in [0.4, 0.5) is 13.2 Å². The third kappa shape index (κ3) is 2.18. The fraction of sp³-hybridized carbons (Fsp3) is 0.250. The van der Waals surface area contributed by atoms with Gasteiger partial charge in [-0.25, -0.2) is 4.98 Å². The van der Waals surface area contributed by atoms with E-state index in [1.54, 1.807) is 13.8 Å². The lowest BCUT2D eigenvalue weighted by Crippen LogP contribution is -2.06. The van der Waals surface area contributed by atoms with Crippen LogP contribution in [0.2, 0.25) is 0 Å². The lowest BCUT2D eigenvalue weighted by Gasteiger charge is -2.09. The molecule has 0 aliphatic rings. The molecule has 5 heteroatoms. The number of aromatic nitrogens is 1. The van der Waals surface area contributed by atoms with Crippen LogP contribution in [0.15, 0.2) is 28.7 Å². The summed E-state index contributed by atoms with van der Waals surface area (Å²) >= 11 is 0. The molecule has 1 heterocycles. The van der Waals surface area contributed by atoms with Crippen molar-refractivity contribution in [3.8, 4) is 11.5 Å². The Morgan fingerprint density at radius 1 is 1.12 bits per heavy atom. The summed E-state index contributed by atoms with van der Waals surface area (Å²) in [5.41, 5.74) is -0.172. The van der Waals surface area contributed by atoms with Crippen molar-refractivity contribution in [2.75, 3.05) is 0 Å². The number of nitrogens with zero attached hydrogens (tertiary/aromatic N) is 1. The predicted octanol–water partition coefficient (Wildman–Crippen LogP) is 3.98. The van der Waals surface area contributed by atoms with Crippen molar-refractivity contribution < 1.29 is 17.6 Å². The third-order valence-electron chi connectivity index (χ3n) is 2.49. The van der Waals surface area contributed by atoms with Crippen molar-refractivity contribution in [2.24, 2.45) is 0 Å². The molecular weight excluding hydrogens is 231 g/mol. The molecule has 0 aliphatic carbocycles. The quantitative estimate of drug-likeness (QED) is 0.754. The molecule has 0 atom stereocenters. The Morgan fingerprint density at radius 2 is 1.76 bits per heavy atom. The van der Waals surface area contributed by atoms with Gasteiger partial charge in [0.2, 0.25) is 5.89 Å². The van der Waals surface area contributed by atoms with Gasteiger partial charge in [0, 0.05) is 5.56 Å². The molecule has 0 unspecified atom stereocenters. The standard InChI is InChI=1S/C12H10F3NO/c1-7-8(2)17-11(16-7)9-5-3-4-6-10(9)12(13,14)15/h3-6H,1-2H3. The molecule has 1 aromatic heterocycles. The molecule has 0 amide bonds. The van der Waals surface area contributed by atoms with Gasteiger partial charge >= 0.3 is 6.18 Å². The van der Waals surface area contributed by atoms with Gasteiger partial charge in [-0.15, -0.1) is 0 Å². The summed E-state index contributed by atoms with van der Waals surface area (Å²) in [5, 5.41) is 0. The molecule has 0 bridgehead atoms. The lowest BCUT2D eigenvalue weighted by molar-refractivity contribution is -0.137. The maximum Gasteiger partial charge on any atom is 0.417 e. The Hall–Kier alpha value is -1.78. The SMILES string of the molecule is Cc1nc(-c2ccccc2C(F)(F)F)oc1C. The summed E-state index contributed by atoms with van der Waals surface area (Å²) in [7, 11) is 0. The molecule has 0 spiro atoms. The van der Waals surface area contributed by atoms with Crippen molar-refractivity contribution in [3.05, 3.63) is 41.3 Å². The summed E-state index contributed by atoms with van der Waals surface area (Å²) in [5.74, 6) is 0.532. The van der Waals surface area contributed by atoms with Crippen LogP contribution in [0.3, 0.4) is 0 Å². The van der Waals surface area contributed by atoms with Crippen LogP contribution < -0.4 is 0 Å². The first-order valence-corrected chi connectivity index (χ1v) is 5.00. The van der Waals surface area contributed by atoms with Gasteiger partial charge in [0.1, 0.15) is 5.76 Å². The van der Waals surface area contributed by atoms with Crippen LogP contribution in [0.25, 0.3) is 11.5 Å². The molecule has 0 saturated carbocycles. The molecule has 0 aliphatic heterocycles. The first kappa shape index (κ1) is 11.7. The average molecular weight is 241 g/mol.